The van der Waals surface area contributed by atoms with Crippen molar-refractivity contribution in [2.75, 3.05) is 0 Å². The van der Waals surface area contributed by atoms with E-state index in [4.69, 9.17) is 0 Å². The molecule has 0 unspecified atom stereocenters. The second kappa shape index (κ2) is 2.45. The van der Waals surface area contributed by atoms with Crippen LogP contribution in [0.15, 0.2) is 12.3 Å². The van der Waals surface area contributed by atoms with Gasteiger partial charge in [0.05, 0.1) is 17.6 Å². The van der Waals surface area contributed by atoms with Crippen molar-refractivity contribution in [3.05, 3.63) is 23.5 Å². The summed E-state index contributed by atoms with van der Waals surface area (Å²) < 4.78 is 0. The molecule has 0 aromatic carbocycles. The van der Waals surface area contributed by atoms with Crippen LogP contribution in [0.1, 0.15) is 20.8 Å². The standard InChI is InChI=1S/C6H5NO4/c8-5(9)3-1-4(6(10)11)7-2-3/h1-2,7H,(H,8,9)(H,10,11)/p-2. The van der Waals surface area contributed by atoms with E-state index in [1.807, 2.05) is 0 Å². The lowest BCUT2D eigenvalue weighted by Gasteiger charge is -1.95. The average Bonchev–Trinajstić information content (AvgIpc) is 2.33. The number of carboxylic acids is 2. The molecule has 0 aliphatic rings. The molecule has 0 atom stereocenters. The van der Waals surface area contributed by atoms with Gasteiger partial charge >= 0.3 is 0 Å². The van der Waals surface area contributed by atoms with E-state index in [1.165, 1.54) is 0 Å². The third-order valence-corrected chi connectivity index (χ3v) is 1.14. The van der Waals surface area contributed by atoms with Crippen LogP contribution in [0.2, 0.25) is 0 Å². The monoisotopic (exact) mass is 153 g/mol. The lowest BCUT2D eigenvalue weighted by Crippen LogP contribution is -2.23. The number of H-pyrrole nitrogens is 1. The Morgan fingerprint density at radius 2 is 1.91 bits per heavy atom. The van der Waals surface area contributed by atoms with Gasteiger partial charge in [0.15, 0.2) is 0 Å². The number of nitrogens with one attached hydrogen (secondary N) is 1. The van der Waals surface area contributed by atoms with Gasteiger partial charge in [0.1, 0.15) is 0 Å². The molecular weight excluding hydrogens is 150 g/mol. The minimum absolute atomic E-state index is 0.204. The SMILES string of the molecule is O=C([O-])c1c[nH]c(C(=O)[O-])c1. The molecule has 1 rings (SSSR count). The first-order valence-corrected chi connectivity index (χ1v) is 2.72. The molecular formula is C6H3NO4-2. The van der Waals surface area contributed by atoms with Crippen molar-refractivity contribution >= 4 is 11.9 Å². The van der Waals surface area contributed by atoms with Gasteiger partial charge in [0, 0.05) is 11.8 Å². The molecule has 0 radical (unpaired) electrons. The van der Waals surface area contributed by atoms with Crippen molar-refractivity contribution < 1.29 is 19.8 Å². The lowest BCUT2D eigenvalue weighted by atomic mass is 10.3. The molecule has 11 heavy (non-hydrogen) atoms. The van der Waals surface area contributed by atoms with E-state index in [0.717, 1.165) is 12.3 Å². The highest BCUT2D eigenvalue weighted by Crippen LogP contribution is 2.00. The molecule has 1 aromatic heterocycles. The molecule has 0 saturated heterocycles. The Morgan fingerprint density at radius 3 is 2.18 bits per heavy atom. The largest absolute Gasteiger partial charge is 0.545 e. The zero-order valence-corrected chi connectivity index (χ0v) is 5.29. The van der Waals surface area contributed by atoms with E-state index in [1.54, 1.807) is 0 Å². The quantitative estimate of drug-likeness (QED) is 0.518. The fourth-order valence-corrected chi connectivity index (χ4v) is 0.630. The molecule has 1 aromatic rings. The molecule has 1 heterocycles. The third kappa shape index (κ3) is 1.37. The summed E-state index contributed by atoms with van der Waals surface area (Å²) in [5, 5.41) is 20.2. The first-order valence-electron chi connectivity index (χ1n) is 2.72. The highest BCUT2D eigenvalue weighted by atomic mass is 16.4. The molecule has 0 spiro atoms. The molecule has 5 heteroatoms. The number of aromatic nitrogens is 1. The number of aromatic amines is 1. The first kappa shape index (κ1) is 7.33. The Bertz CT molecular complexity index is 273. The lowest BCUT2D eigenvalue weighted by molar-refractivity contribution is -0.255. The van der Waals surface area contributed by atoms with Gasteiger partial charge in [-0.1, -0.05) is 0 Å². The molecule has 58 valence electrons. The molecule has 0 aliphatic heterocycles. The van der Waals surface area contributed by atoms with E-state index in [0.29, 0.717) is 0 Å². The van der Waals surface area contributed by atoms with Gasteiger partial charge in [-0.2, -0.15) is 0 Å². The van der Waals surface area contributed by atoms with Crippen molar-refractivity contribution in [3.63, 3.8) is 0 Å². The van der Waals surface area contributed by atoms with Crippen molar-refractivity contribution in [2.24, 2.45) is 0 Å². The van der Waals surface area contributed by atoms with Gasteiger partial charge in [0.25, 0.3) is 0 Å². The number of hydrogen-bond donors (Lipinski definition) is 1. The van der Waals surface area contributed by atoms with Crippen LogP contribution in [0.5, 0.6) is 0 Å². The van der Waals surface area contributed by atoms with Gasteiger partial charge in [-0.05, 0) is 6.07 Å². The average molecular weight is 153 g/mol. The number of hydrogen-bond acceptors (Lipinski definition) is 4. The maximum absolute atomic E-state index is 10.1. The minimum Gasteiger partial charge on any atom is -0.545 e. The summed E-state index contributed by atoms with van der Waals surface area (Å²) in [5.41, 5.74) is -0.478. The summed E-state index contributed by atoms with van der Waals surface area (Å²) in [5.74, 6) is -2.87. The van der Waals surface area contributed by atoms with E-state index in [-0.39, 0.29) is 11.3 Å². The molecule has 1 N–H and O–H groups in total. The number of rotatable bonds is 2. The Morgan fingerprint density at radius 1 is 1.27 bits per heavy atom. The Balaban J connectivity index is 2.99. The Kier molecular flexibility index (Phi) is 1.63. The maximum Gasteiger partial charge on any atom is 0.0878 e. The van der Waals surface area contributed by atoms with Crippen LogP contribution in [0.25, 0.3) is 0 Å². The van der Waals surface area contributed by atoms with Crippen molar-refractivity contribution in [1.29, 1.82) is 0 Å². The topological polar surface area (TPSA) is 96.0 Å². The summed E-state index contributed by atoms with van der Waals surface area (Å²) in [4.78, 5) is 22.4. The van der Waals surface area contributed by atoms with Gasteiger partial charge in [0.2, 0.25) is 0 Å². The summed E-state index contributed by atoms with van der Waals surface area (Å²) in [6.07, 6.45) is 1.03. The maximum atomic E-state index is 10.1. The van der Waals surface area contributed by atoms with Crippen LogP contribution in [-0.4, -0.2) is 16.9 Å². The summed E-state index contributed by atoms with van der Waals surface area (Å²) >= 11 is 0. The summed E-state index contributed by atoms with van der Waals surface area (Å²) in [7, 11) is 0. The highest BCUT2D eigenvalue weighted by molar-refractivity contribution is 5.91. The highest BCUT2D eigenvalue weighted by Gasteiger charge is 1.98. The smallest absolute Gasteiger partial charge is 0.0878 e. The van der Waals surface area contributed by atoms with Crippen molar-refractivity contribution in [2.45, 2.75) is 0 Å². The predicted octanol–water partition coefficient (Wildman–Crippen LogP) is -2.26. The normalized spacial score (nSPS) is 9.45. The van der Waals surface area contributed by atoms with E-state index >= 15 is 0 Å². The third-order valence-electron chi connectivity index (χ3n) is 1.14. The second-order valence-corrected chi connectivity index (χ2v) is 1.88. The van der Waals surface area contributed by atoms with Crippen LogP contribution in [0, 0.1) is 0 Å². The molecule has 0 saturated carbocycles. The fraction of sp³-hybridized carbons (Fsp3) is 0. The van der Waals surface area contributed by atoms with E-state index < -0.39 is 11.9 Å². The number of carboxylic acid groups (broad SMARTS) is 2. The zero-order chi connectivity index (χ0) is 8.43. The first-order chi connectivity index (χ1) is 5.11. The number of carbonyl (C=O) groups excluding carboxylic acids is 2. The van der Waals surface area contributed by atoms with E-state index in [2.05, 4.69) is 4.98 Å². The molecule has 0 amide bonds. The van der Waals surface area contributed by atoms with Gasteiger partial charge < -0.3 is 24.8 Å². The van der Waals surface area contributed by atoms with Crippen LogP contribution in [-0.2, 0) is 0 Å². The van der Waals surface area contributed by atoms with Crippen LogP contribution < -0.4 is 10.2 Å². The Hall–Kier alpha value is -1.78. The van der Waals surface area contributed by atoms with Crippen LogP contribution >= 0.6 is 0 Å². The molecule has 5 nitrogen and oxygen atoms in total. The fourth-order valence-electron chi connectivity index (χ4n) is 0.630. The minimum atomic E-state index is -1.45. The van der Waals surface area contributed by atoms with Crippen molar-refractivity contribution in [3.8, 4) is 0 Å². The predicted molar refractivity (Wildman–Crippen MR) is 29.5 cm³/mol. The Labute approximate surface area is 61.3 Å². The number of aromatic carboxylic acids is 2. The van der Waals surface area contributed by atoms with E-state index in [9.17, 15) is 19.8 Å². The van der Waals surface area contributed by atoms with Gasteiger partial charge in [-0.25, -0.2) is 0 Å². The summed E-state index contributed by atoms with van der Waals surface area (Å²) in [6.45, 7) is 0. The number of carbonyl (C=O) groups is 2. The van der Waals surface area contributed by atoms with Crippen molar-refractivity contribution in [1.82, 2.24) is 4.98 Å². The van der Waals surface area contributed by atoms with Crippen LogP contribution in [0.3, 0.4) is 0 Å². The zero-order valence-electron chi connectivity index (χ0n) is 5.29. The summed E-state index contributed by atoms with van der Waals surface area (Å²) in [6, 6.07) is 0.935. The molecule has 0 aliphatic carbocycles. The van der Waals surface area contributed by atoms with Crippen LogP contribution in [0.4, 0.5) is 0 Å². The second-order valence-electron chi connectivity index (χ2n) is 1.88. The van der Waals surface area contributed by atoms with Gasteiger partial charge in [-0.15, -0.1) is 0 Å². The molecule has 0 fully saturated rings. The molecule has 0 bridgehead atoms. The van der Waals surface area contributed by atoms with Gasteiger partial charge in [-0.3, -0.25) is 0 Å².